The number of rotatable bonds is 5. The van der Waals surface area contributed by atoms with Gasteiger partial charge in [-0.25, -0.2) is 4.98 Å². The standard InChI is InChI=1S/C16H22ClN3O/c1-15(2,3)16(21,10-20-12-18-11-19-20)9-8-13-4-6-14(17)7-5-13/h4-7,11-12,21H,8-10H2,1-3H3/t16-/m1/s1. The molecule has 0 aliphatic rings. The van der Waals surface area contributed by atoms with Crippen molar-refractivity contribution < 1.29 is 5.11 Å². The largest absolute Gasteiger partial charge is 0.387 e. The first-order valence-electron chi connectivity index (χ1n) is 7.09. The molecule has 0 radical (unpaired) electrons. The van der Waals surface area contributed by atoms with Crippen molar-refractivity contribution in [1.29, 1.82) is 0 Å². The highest BCUT2D eigenvalue weighted by Crippen LogP contribution is 2.35. The van der Waals surface area contributed by atoms with Gasteiger partial charge in [0.25, 0.3) is 0 Å². The fraction of sp³-hybridized carbons (Fsp3) is 0.500. The summed E-state index contributed by atoms with van der Waals surface area (Å²) >= 11 is 5.90. The monoisotopic (exact) mass is 307 g/mol. The Kier molecular flexibility index (Phi) is 4.69. The summed E-state index contributed by atoms with van der Waals surface area (Å²) < 4.78 is 1.69. The van der Waals surface area contributed by atoms with Gasteiger partial charge >= 0.3 is 0 Å². The molecule has 1 aromatic heterocycles. The summed E-state index contributed by atoms with van der Waals surface area (Å²) in [5, 5.41) is 16.0. The molecule has 0 saturated carbocycles. The van der Waals surface area contributed by atoms with E-state index in [9.17, 15) is 5.11 Å². The molecule has 114 valence electrons. The molecule has 0 amide bonds. The number of aromatic nitrogens is 3. The van der Waals surface area contributed by atoms with Crippen molar-refractivity contribution in [3.63, 3.8) is 0 Å². The van der Waals surface area contributed by atoms with Gasteiger partial charge in [-0.3, -0.25) is 4.68 Å². The number of halogens is 1. The zero-order valence-electron chi connectivity index (χ0n) is 12.8. The van der Waals surface area contributed by atoms with Crippen LogP contribution in [0.5, 0.6) is 0 Å². The van der Waals surface area contributed by atoms with E-state index in [2.05, 4.69) is 10.1 Å². The predicted molar refractivity (Wildman–Crippen MR) is 84.2 cm³/mol. The van der Waals surface area contributed by atoms with Crippen LogP contribution in [-0.4, -0.2) is 25.5 Å². The number of benzene rings is 1. The summed E-state index contributed by atoms with van der Waals surface area (Å²) in [6.45, 7) is 6.58. The molecule has 0 unspecified atom stereocenters. The maximum atomic E-state index is 11.1. The topological polar surface area (TPSA) is 50.9 Å². The molecule has 1 atom stereocenters. The Balaban J connectivity index is 2.11. The maximum Gasteiger partial charge on any atom is 0.137 e. The Labute approximate surface area is 130 Å². The first-order valence-corrected chi connectivity index (χ1v) is 7.47. The summed E-state index contributed by atoms with van der Waals surface area (Å²) in [4.78, 5) is 3.94. The second kappa shape index (κ2) is 6.16. The number of hydrogen-bond donors (Lipinski definition) is 1. The highest BCUT2D eigenvalue weighted by molar-refractivity contribution is 6.30. The van der Waals surface area contributed by atoms with Gasteiger partial charge in [-0.1, -0.05) is 44.5 Å². The summed E-state index contributed by atoms with van der Waals surface area (Å²) in [6, 6.07) is 7.76. The van der Waals surface area contributed by atoms with Gasteiger partial charge in [0.15, 0.2) is 0 Å². The molecule has 1 N–H and O–H groups in total. The summed E-state index contributed by atoms with van der Waals surface area (Å²) in [5.41, 5.74) is 0.0479. The fourth-order valence-corrected chi connectivity index (χ4v) is 2.40. The van der Waals surface area contributed by atoms with Crippen LogP contribution < -0.4 is 0 Å². The lowest BCUT2D eigenvalue weighted by Crippen LogP contribution is -2.47. The third kappa shape index (κ3) is 4.05. The van der Waals surface area contributed by atoms with E-state index in [1.54, 1.807) is 11.0 Å². The average molecular weight is 308 g/mol. The van der Waals surface area contributed by atoms with Gasteiger partial charge in [-0.05, 0) is 36.0 Å². The maximum absolute atomic E-state index is 11.1. The van der Waals surface area contributed by atoms with E-state index in [1.807, 2.05) is 45.0 Å². The third-order valence-corrected chi connectivity index (χ3v) is 4.28. The molecular weight excluding hydrogens is 286 g/mol. The number of aliphatic hydroxyl groups is 1. The Hall–Kier alpha value is -1.39. The van der Waals surface area contributed by atoms with Crippen LogP contribution in [0.4, 0.5) is 0 Å². The van der Waals surface area contributed by atoms with Crippen LogP contribution >= 0.6 is 11.6 Å². The Morgan fingerprint density at radius 1 is 1.19 bits per heavy atom. The third-order valence-electron chi connectivity index (χ3n) is 4.03. The molecule has 0 fully saturated rings. The van der Waals surface area contributed by atoms with Crippen molar-refractivity contribution in [1.82, 2.24) is 14.8 Å². The molecule has 0 saturated heterocycles. The average Bonchev–Trinajstić information content (AvgIpc) is 2.89. The lowest BCUT2D eigenvalue weighted by Gasteiger charge is -2.40. The summed E-state index contributed by atoms with van der Waals surface area (Å²) in [5.74, 6) is 0. The van der Waals surface area contributed by atoms with E-state index in [4.69, 9.17) is 11.6 Å². The molecule has 0 bridgehead atoms. The van der Waals surface area contributed by atoms with Crippen LogP contribution in [0.25, 0.3) is 0 Å². The molecule has 0 aliphatic carbocycles. The zero-order valence-corrected chi connectivity index (χ0v) is 13.5. The minimum atomic E-state index is -0.861. The highest BCUT2D eigenvalue weighted by Gasteiger charge is 2.40. The van der Waals surface area contributed by atoms with Gasteiger partial charge in [0.1, 0.15) is 12.7 Å². The molecule has 1 heterocycles. The lowest BCUT2D eigenvalue weighted by atomic mass is 9.73. The second-order valence-corrected chi connectivity index (χ2v) is 6.94. The van der Waals surface area contributed by atoms with Crippen molar-refractivity contribution >= 4 is 11.6 Å². The fourth-order valence-electron chi connectivity index (χ4n) is 2.28. The van der Waals surface area contributed by atoms with Crippen LogP contribution in [0.3, 0.4) is 0 Å². The van der Waals surface area contributed by atoms with E-state index in [-0.39, 0.29) is 5.41 Å². The molecule has 2 aromatic rings. The van der Waals surface area contributed by atoms with E-state index < -0.39 is 5.60 Å². The van der Waals surface area contributed by atoms with Gasteiger partial charge < -0.3 is 5.11 Å². The van der Waals surface area contributed by atoms with Crippen LogP contribution in [0.15, 0.2) is 36.9 Å². The van der Waals surface area contributed by atoms with Crippen molar-refractivity contribution in [3.05, 3.63) is 47.5 Å². The van der Waals surface area contributed by atoms with Gasteiger partial charge in [0.05, 0.1) is 12.1 Å². The smallest absolute Gasteiger partial charge is 0.137 e. The molecule has 1 aromatic carbocycles. The summed E-state index contributed by atoms with van der Waals surface area (Å²) in [6.07, 6.45) is 4.57. The number of hydrogen-bond acceptors (Lipinski definition) is 3. The van der Waals surface area contributed by atoms with E-state index in [1.165, 1.54) is 11.9 Å². The molecule has 5 heteroatoms. The van der Waals surface area contributed by atoms with Crippen molar-refractivity contribution in [2.45, 2.75) is 45.8 Å². The van der Waals surface area contributed by atoms with Crippen molar-refractivity contribution in [3.8, 4) is 0 Å². The van der Waals surface area contributed by atoms with Gasteiger partial charge in [-0.15, -0.1) is 0 Å². The Morgan fingerprint density at radius 3 is 2.38 bits per heavy atom. The SMILES string of the molecule is CC(C)(C)[C@@](O)(CCc1ccc(Cl)cc1)Cn1cncn1. The van der Waals surface area contributed by atoms with Crippen molar-refractivity contribution in [2.75, 3.05) is 0 Å². The minimum absolute atomic E-state index is 0.259. The van der Waals surface area contributed by atoms with Gasteiger partial charge in [0, 0.05) is 5.02 Å². The van der Waals surface area contributed by atoms with E-state index >= 15 is 0 Å². The van der Waals surface area contributed by atoms with Gasteiger partial charge in [0.2, 0.25) is 0 Å². The first-order chi connectivity index (χ1) is 9.80. The molecule has 4 nitrogen and oxygen atoms in total. The second-order valence-electron chi connectivity index (χ2n) is 6.50. The van der Waals surface area contributed by atoms with Crippen LogP contribution in [0.2, 0.25) is 5.02 Å². The Bertz CT molecular complexity index is 560. The Morgan fingerprint density at radius 2 is 1.86 bits per heavy atom. The predicted octanol–water partition coefficient (Wildman–Crippen LogP) is 3.34. The lowest BCUT2D eigenvalue weighted by molar-refractivity contribution is -0.0796. The van der Waals surface area contributed by atoms with Crippen molar-refractivity contribution in [2.24, 2.45) is 5.41 Å². The number of nitrogens with zero attached hydrogens (tertiary/aromatic N) is 3. The van der Waals surface area contributed by atoms with Crippen LogP contribution in [-0.2, 0) is 13.0 Å². The highest BCUT2D eigenvalue weighted by atomic mass is 35.5. The molecular formula is C16H22ClN3O. The van der Waals surface area contributed by atoms with Crippen LogP contribution in [0, 0.1) is 5.41 Å². The first kappa shape index (κ1) is 16.0. The van der Waals surface area contributed by atoms with Crippen LogP contribution in [0.1, 0.15) is 32.8 Å². The normalized spacial score (nSPS) is 14.9. The quantitative estimate of drug-likeness (QED) is 0.921. The molecule has 21 heavy (non-hydrogen) atoms. The van der Waals surface area contributed by atoms with E-state index in [0.29, 0.717) is 13.0 Å². The minimum Gasteiger partial charge on any atom is -0.387 e. The number of aryl methyl sites for hydroxylation is 1. The molecule has 0 aliphatic heterocycles. The van der Waals surface area contributed by atoms with E-state index in [0.717, 1.165) is 11.4 Å². The summed E-state index contributed by atoms with van der Waals surface area (Å²) in [7, 11) is 0. The zero-order chi connectivity index (χ0) is 15.5. The molecule has 0 spiro atoms. The molecule has 2 rings (SSSR count). The van der Waals surface area contributed by atoms with Gasteiger partial charge in [-0.2, -0.15) is 5.10 Å².